The van der Waals surface area contributed by atoms with E-state index in [-0.39, 0.29) is 5.91 Å². The van der Waals surface area contributed by atoms with Gasteiger partial charge < -0.3 is 9.72 Å². The fraction of sp³-hybridized carbons (Fsp3) is 0.0588. The summed E-state index contributed by atoms with van der Waals surface area (Å²) in [6, 6.07) is 15.1. The number of carbonyl (C=O) groups is 1. The molecule has 110 valence electrons. The number of nitrogens with one attached hydrogen (secondary N) is 2. The lowest BCUT2D eigenvalue weighted by molar-refractivity contribution is 0.0957. The van der Waals surface area contributed by atoms with Crippen LogP contribution in [0.3, 0.4) is 0 Å². The average Bonchev–Trinajstić information content (AvgIpc) is 2.99. The third-order valence-corrected chi connectivity index (χ3v) is 3.31. The van der Waals surface area contributed by atoms with Crippen LogP contribution in [0.15, 0.2) is 59.8 Å². The van der Waals surface area contributed by atoms with Crippen LogP contribution in [0.25, 0.3) is 10.9 Å². The summed E-state index contributed by atoms with van der Waals surface area (Å²) in [5.74, 6) is 0.489. The van der Waals surface area contributed by atoms with Gasteiger partial charge in [0.05, 0.1) is 18.9 Å². The molecule has 0 atom stereocenters. The van der Waals surface area contributed by atoms with Crippen LogP contribution in [0.4, 0.5) is 0 Å². The van der Waals surface area contributed by atoms with Gasteiger partial charge in [0.2, 0.25) is 0 Å². The molecule has 1 amide bonds. The Morgan fingerprint density at radius 3 is 2.95 bits per heavy atom. The summed E-state index contributed by atoms with van der Waals surface area (Å²) in [6.45, 7) is 0. The van der Waals surface area contributed by atoms with E-state index in [9.17, 15) is 4.79 Å². The van der Waals surface area contributed by atoms with E-state index in [0.29, 0.717) is 5.56 Å². The Balaban J connectivity index is 1.73. The zero-order chi connectivity index (χ0) is 15.4. The second kappa shape index (κ2) is 6.13. The van der Waals surface area contributed by atoms with Crippen LogP contribution < -0.4 is 10.2 Å². The van der Waals surface area contributed by atoms with Crippen molar-refractivity contribution >= 4 is 23.0 Å². The number of amides is 1. The van der Waals surface area contributed by atoms with Gasteiger partial charge in [0, 0.05) is 17.1 Å². The van der Waals surface area contributed by atoms with Crippen molar-refractivity contribution in [2.45, 2.75) is 0 Å². The van der Waals surface area contributed by atoms with E-state index in [4.69, 9.17) is 4.74 Å². The average molecular weight is 293 g/mol. The summed E-state index contributed by atoms with van der Waals surface area (Å²) >= 11 is 0. The van der Waals surface area contributed by atoms with Crippen LogP contribution >= 0.6 is 0 Å². The van der Waals surface area contributed by atoms with E-state index in [1.165, 1.54) is 0 Å². The molecule has 0 bridgehead atoms. The van der Waals surface area contributed by atoms with Crippen molar-refractivity contribution in [1.82, 2.24) is 10.4 Å². The normalized spacial score (nSPS) is 11.0. The molecule has 0 aliphatic heterocycles. The highest BCUT2D eigenvalue weighted by Gasteiger charge is 2.10. The number of H-pyrrole nitrogens is 1. The number of nitrogens with zero attached hydrogens (tertiary/aromatic N) is 1. The molecule has 0 aliphatic carbocycles. The van der Waals surface area contributed by atoms with Crippen LogP contribution in [-0.4, -0.2) is 24.2 Å². The molecule has 0 unspecified atom stereocenters. The molecule has 1 aromatic heterocycles. The number of fused-ring (bicyclic) bond motifs is 1. The summed E-state index contributed by atoms with van der Waals surface area (Å²) in [7, 11) is 1.61. The minimum absolute atomic E-state index is 0.253. The first-order valence-electron chi connectivity index (χ1n) is 6.81. The van der Waals surface area contributed by atoms with Crippen molar-refractivity contribution in [2.75, 3.05) is 7.11 Å². The van der Waals surface area contributed by atoms with Crippen LogP contribution in [0.2, 0.25) is 0 Å². The number of hydrogen-bond donors (Lipinski definition) is 2. The number of aromatic nitrogens is 1. The summed E-state index contributed by atoms with van der Waals surface area (Å²) in [5.41, 5.74) is 4.87. The second-order valence-electron chi connectivity index (χ2n) is 4.72. The Hall–Kier alpha value is -3.08. The maximum absolute atomic E-state index is 12.2. The van der Waals surface area contributed by atoms with Crippen molar-refractivity contribution in [3.05, 3.63) is 65.9 Å². The van der Waals surface area contributed by atoms with Crippen LogP contribution in [0, 0.1) is 0 Å². The number of hydrazone groups is 1. The number of aromatic amines is 1. The molecule has 0 saturated carbocycles. The molecule has 3 rings (SSSR count). The van der Waals surface area contributed by atoms with Gasteiger partial charge in [-0.05, 0) is 23.8 Å². The molecule has 0 spiro atoms. The molecule has 0 radical (unpaired) electrons. The first kappa shape index (κ1) is 13.9. The predicted octanol–water partition coefficient (Wildman–Crippen LogP) is 2.94. The summed E-state index contributed by atoms with van der Waals surface area (Å²) in [6.07, 6.45) is 3.26. The zero-order valence-electron chi connectivity index (χ0n) is 12.0. The lowest BCUT2D eigenvalue weighted by Crippen LogP contribution is -2.17. The van der Waals surface area contributed by atoms with Gasteiger partial charge in [-0.3, -0.25) is 4.79 Å². The Bertz CT molecular complexity index is 837. The highest BCUT2D eigenvalue weighted by molar-refractivity contribution is 6.06. The molecule has 3 aromatic rings. The third kappa shape index (κ3) is 2.83. The Kier molecular flexibility index (Phi) is 3.87. The maximum Gasteiger partial charge on any atom is 0.273 e. The summed E-state index contributed by atoms with van der Waals surface area (Å²) in [5, 5.41) is 4.86. The monoisotopic (exact) mass is 293 g/mol. The number of para-hydroxylation sites is 1. The fourth-order valence-electron chi connectivity index (χ4n) is 2.21. The van der Waals surface area contributed by atoms with Crippen LogP contribution in [0.1, 0.15) is 15.9 Å². The molecule has 22 heavy (non-hydrogen) atoms. The number of ether oxygens (including phenoxy) is 1. The zero-order valence-corrected chi connectivity index (χ0v) is 12.0. The Labute approximate surface area is 127 Å². The van der Waals surface area contributed by atoms with Gasteiger partial charge in [-0.25, -0.2) is 5.43 Å². The van der Waals surface area contributed by atoms with E-state index in [1.807, 2.05) is 48.5 Å². The van der Waals surface area contributed by atoms with E-state index >= 15 is 0 Å². The highest BCUT2D eigenvalue weighted by atomic mass is 16.5. The van der Waals surface area contributed by atoms with E-state index in [2.05, 4.69) is 15.5 Å². The first-order chi connectivity index (χ1) is 10.8. The number of carbonyl (C=O) groups excluding carboxylic acids is 1. The molecular formula is C17H15N3O2. The van der Waals surface area contributed by atoms with Crippen LogP contribution in [-0.2, 0) is 0 Å². The fourth-order valence-corrected chi connectivity index (χ4v) is 2.21. The lowest BCUT2D eigenvalue weighted by atomic mass is 10.2. The van der Waals surface area contributed by atoms with Crippen molar-refractivity contribution in [3.63, 3.8) is 0 Å². The largest absolute Gasteiger partial charge is 0.497 e. The van der Waals surface area contributed by atoms with Gasteiger partial charge in [-0.2, -0.15) is 5.10 Å². The highest BCUT2D eigenvalue weighted by Crippen LogP contribution is 2.17. The molecule has 1 heterocycles. The molecule has 0 saturated heterocycles. The van der Waals surface area contributed by atoms with Gasteiger partial charge in [0.1, 0.15) is 5.75 Å². The number of rotatable bonds is 4. The van der Waals surface area contributed by atoms with Crippen LogP contribution in [0.5, 0.6) is 5.75 Å². The molecule has 5 heteroatoms. The van der Waals surface area contributed by atoms with Crippen molar-refractivity contribution in [2.24, 2.45) is 5.10 Å². The van der Waals surface area contributed by atoms with Gasteiger partial charge >= 0.3 is 0 Å². The lowest BCUT2D eigenvalue weighted by Gasteiger charge is -2.00. The molecule has 2 N–H and O–H groups in total. The maximum atomic E-state index is 12.2. The van der Waals surface area contributed by atoms with E-state index in [0.717, 1.165) is 22.2 Å². The van der Waals surface area contributed by atoms with Gasteiger partial charge in [0.25, 0.3) is 5.91 Å². The minimum atomic E-state index is -0.253. The quantitative estimate of drug-likeness (QED) is 0.573. The standard InChI is InChI=1S/C17H15N3O2/c1-22-13-6-4-5-12(9-13)10-19-20-17(21)15-11-18-16-8-3-2-7-14(15)16/h2-11,18H,1H3,(H,20,21)/b19-10-. The molecule has 5 nitrogen and oxygen atoms in total. The Morgan fingerprint density at radius 1 is 1.23 bits per heavy atom. The number of methoxy groups -OCH3 is 1. The van der Waals surface area contributed by atoms with E-state index < -0.39 is 0 Å². The van der Waals surface area contributed by atoms with Crippen molar-refractivity contribution in [3.8, 4) is 5.75 Å². The van der Waals surface area contributed by atoms with Gasteiger partial charge in [0.15, 0.2) is 0 Å². The van der Waals surface area contributed by atoms with E-state index in [1.54, 1.807) is 19.5 Å². The molecule has 0 aliphatic rings. The summed E-state index contributed by atoms with van der Waals surface area (Å²) in [4.78, 5) is 15.2. The van der Waals surface area contributed by atoms with Crippen molar-refractivity contribution in [1.29, 1.82) is 0 Å². The topological polar surface area (TPSA) is 66.5 Å². The number of benzene rings is 2. The predicted molar refractivity (Wildman–Crippen MR) is 86.4 cm³/mol. The Morgan fingerprint density at radius 2 is 2.09 bits per heavy atom. The SMILES string of the molecule is COc1cccc(/C=N\NC(=O)c2c[nH]c3ccccc23)c1. The van der Waals surface area contributed by atoms with Gasteiger partial charge in [-0.15, -0.1) is 0 Å². The van der Waals surface area contributed by atoms with Gasteiger partial charge in [-0.1, -0.05) is 30.3 Å². The summed E-state index contributed by atoms with van der Waals surface area (Å²) < 4.78 is 5.14. The molecule has 2 aromatic carbocycles. The number of hydrogen-bond acceptors (Lipinski definition) is 3. The smallest absolute Gasteiger partial charge is 0.273 e. The minimum Gasteiger partial charge on any atom is -0.497 e. The first-order valence-corrected chi connectivity index (χ1v) is 6.81. The van der Waals surface area contributed by atoms with Crippen molar-refractivity contribution < 1.29 is 9.53 Å². The molecular weight excluding hydrogens is 278 g/mol. The third-order valence-electron chi connectivity index (χ3n) is 3.31. The molecule has 0 fully saturated rings. The second-order valence-corrected chi connectivity index (χ2v) is 4.72.